The van der Waals surface area contributed by atoms with Gasteiger partial charge in [-0.1, -0.05) is 35.9 Å². The number of nitrogens with zero attached hydrogens (tertiary/aromatic N) is 2. The largest absolute Gasteiger partial charge is 0.383 e. The number of allylic oxidation sites excluding steroid dienone is 1. The first-order chi connectivity index (χ1) is 13.1. The Bertz CT molecular complexity index is 593. The van der Waals surface area contributed by atoms with Gasteiger partial charge in [0.25, 0.3) is 0 Å². The molecule has 0 N–H and O–H groups in total. The SMILES string of the molecule is COCCN(CCOC)CC(=O)N1CCC(/C=C/c2cccc(Cl)c2)CC1. The van der Waals surface area contributed by atoms with E-state index in [1.54, 1.807) is 14.2 Å². The summed E-state index contributed by atoms with van der Waals surface area (Å²) in [5.74, 6) is 0.700. The molecule has 0 radical (unpaired) electrons. The van der Waals surface area contributed by atoms with E-state index in [0.29, 0.717) is 25.7 Å². The Morgan fingerprint density at radius 3 is 2.48 bits per heavy atom. The molecule has 5 nitrogen and oxygen atoms in total. The van der Waals surface area contributed by atoms with Crippen molar-refractivity contribution in [2.75, 3.05) is 60.2 Å². The van der Waals surface area contributed by atoms with E-state index in [4.69, 9.17) is 21.1 Å². The van der Waals surface area contributed by atoms with Crippen LogP contribution in [0.1, 0.15) is 18.4 Å². The van der Waals surface area contributed by atoms with E-state index in [1.807, 2.05) is 23.1 Å². The van der Waals surface area contributed by atoms with Crippen LogP contribution in [-0.4, -0.2) is 75.9 Å². The van der Waals surface area contributed by atoms with Crippen LogP contribution in [0.2, 0.25) is 5.02 Å². The zero-order valence-electron chi connectivity index (χ0n) is 16.4. The third kappa shape index (κ3) is 8.01. The number of amides is 1. The maximum Gasteiger partial charge on any atom is 0.236 e. The highest BCUT2D eigenvalue weighted by molar-refractivity contribution is 6.30. The molecule has 2 rings (SSSR count). The van der Waals surface area contributed by atoms with Crippen molar-refractivity contribution in [1.82, 2.24) is 9.80 Å². The lowest BCUT2D eigenvalue weighted by Gasteiger charge is -2.32. The molecular formula is C21H31ClN2O3. The topological polar surface area (TPSA) is 42.0 Å². The van der Waals surface area contributed by atoms with Crippen LogP contribution in [0.3, 0.4) is 0 Å². The minimum absolute atomic E-state index is 0.194. The molecule has 1 aromatic carbocycles. The molecule has 1 aliphatic rings. The molecule has 150 valence electrons. The maximum absolute atomic E-state index is 12.6. The summed E-state index contributed by atoms with van der Waals surface area (Å²) in [5, 5.41) is 0.754. The fraction of sp³-hybridized carbons (Fsp3) is 0.571. The number of carbonyl (C=O) groups excluding carboxylic acids is 1. The van der Waals surface area contributed by atoms with Crippen LogP contribution in [0.25, 0.3) is 6.08 Å². The molecule has 0 spiro atoms. The minimum Gasteiger partial charge on any atom is -0.383 e. The van der Waals surface area contributed by atoms with Gasteiger partial charge in [0, 0.05) is 45.4 Å². The molecule has 6 heteroatoms. The van der Waals surface area contributed by atoms with Gasteiger partial charge in [0.15, 0.2) is 0 Å². The van der Waals surface area contributed by atoms with Gasteiger partial charge in [-0.25, -0.2) is 0 Å². The lowest BCUT2D eigenvalue weighted by molar-refractivity contribution is -0.133. The summed E-state index contributed by atoms with van der Waals surface area (Å²) < 4.78 is 10.3. The number of hydrogen-bond acceptors (Lipinski definition) is 4. The van der Waals surface area contributed by atoms with E-state index in [9.17, 15) is 4.79 Å². The van der Waals surface area contributed by atoms with Crippen molar-refractivity contribution in [3.05, 3.63) is 40.9 Å². The highest BCUT2D eigenvalue weighted by atomic mass is 35.5. The van der Waals surface area contributed by atoms with E-state index in [0.717, 1.165) is 49.6 Å². The van der Waals surface area contributed by atoms with E-state index in [2.05, 4.69) is 23.1 Å². The van der Waals surface area contributed by atoms with Crippen molar-refractivity contribution in [1.29, 1.82) is 0 Å². The van der Waals surface area contributed by atoms with Crippen molar-refractivity contribution < 1.29 is 14.3 Å². The maximum atomic E-state index is 12.6. The standard InChI is InChI=1S/C21H31ClN2O3/c1-26-14-12-23(13-15-27-2)17-21(25)24-10-8-18(9-11-24)6-7-19-4-3-5-20(22)16-19/h3-7,16,18H,8-15,17H2,1-2H3/b7-6+. The Hall–Kier alpha value is -1.40. The second-order valence-electron chi connectivity index (χ2n) is 6.89. The second-order valence-corrected chi connectivity index (χ2v) is 7.33. The number of ether oxygens (including phenoxy) is 2. The molecular weight excluding hydrogens is 364 g/mol. The number of methoxy groups -OCH3 is 2. The van der Waals surface area contributed by atoms with E-state index in [1.165, 1.54) is 0 Å². The number of rotatable bonds is 10. The molecule has 0 aliphatic carbocycles. The molecule has 0 saturated carbocycles. The third-order valence-corrected chi connectivity index (χ3v) is 5.12. The van der Waals surface area contributed by atoms with E-state index >= 15 is 0 Å². The average Bonchev–Trinajstić information content (AvgIpc) is 2.68. The van der Waals surface area contributed by atoms with Crippen molar-refractivity contribution in [2.45, 2.75) is 12.8 Å². The van der Waals surface area contributed by atoms with Crippen LogP contribution < -0.4 is 0 Å². The summed E-state index contributed by atoms with van der Waals surface area (Å²) in [6.07, 6.45) is 6.38. The molecule has 1 aromatic rings. The first-order valence-electron chi connectivity index (χ1n) is 9.54. The number of halogens is 1. The van der Waals surface area contributed by atoms with Gasteiger partial charge < -0.3 is 14.4 Å². The summed E-state index contributed by atoms with van der Waals surface area (Å²) in [5.41, 5.74) is 1.12. The van der Waals surface area contributed by atoms with Crippen LogP contribution in [0.5, 0.6) is 0 Å². The molecule has 1 fully saturated rings. The highest BCUT2D eigenvalue weighted by Gasteiger charge is 2.22. The van der Waals surface area contributed by atoms with Crippen LogP contribution in [0.15, 0.2) is 30.3 Å². The number of benzene rings is 1. The van der Waals surface area contributed by atoms with Gasteiger partial charge in [0.2, 0.25) is 5.91 Å². The van der Waals surface area contributed by atoms with Gasteiger partial charge in [-0.3, -0.25) is 9.69 Å². The first-order valence-corrected chi connectivity index (χ1v) is 9.92. The molecule has 1 heterocycles. The zero-order chi connectivity index (χ0) is 19.5. The number of carbonyl (C=O) groups is 1. The molecule has 1 aliphatic heterocycles. The third-order valence-electron chi connectivity index (χ3n) is 4.88. The molecule has 1 amide bonds. The Morgan fingerprint density at radius 1 is 1.22 bits per heavy atom. The smallest absolute Gasteiger partial charge is 0.236 e. The van der Waals surface area contributed by atoms with E-state index in [-0.39, 0.29) is 5.91 Å². The molecule has 1 saturated heterocycles. The predicted molar refractivity (Wildman–Crippen MR) is 110 cm³/mol. The number of hydrogen-bond donors (Lipinski definition) is 0. The predicted octanol–water partition coefficient (Wildman–Crippen LogP) is 3.19. The van der Waals surface area contributed by atoms with Crippen LogP contribution >= 0.6 is 11.6 Å². The molecule has 27 heavy (non-hydrogen) atoms. The normalized spacial score (nSPS) is 15.8. The summed E-state index contributed by atoms with van der Waals surface area (Å²) in [6, 6.07) is 7.86. The monoisotopic (exact) mass is 394 g/mol. The fourth-order valence-corrected chi connectivity index (χ4v) is 3.40. The van der Waals surface area contributed by atoms with Gasteiger partial charge in [-0.05, 0) is 36.5 Å². The van der Waals surface area contributed by atoms with Gasteiger partial charge in [-0.15, -0.1) is 0 Å². The van der Waals surface area contributed by atoms with E-state index < -0.39 is 0 Å². The first kappa shape index (κ1) is 21.9. The Balaban J connectivity index is 1.78. The van der Waals surface area contributed by atoms with Crippen LogP contribution in [0, 0.1) is 5.92 Å². The lowest BCUT2D eigenvalue weighted by atomic mass is 9.95. The summed E-state index contributed by atoms with van der Waals surface area (Å²) in [4.78, 5) is 16.7. The van der Waals surface area contributed by atoms with Crippen molar-refractivity contribution >= 4 is 23.6 Å². The van der Waals surface area contributed by atoms with Gasteiger partial charge >= 0.3 is 0 Å². The van der Waals surface area contributed by atoms with Crippen LogP contribution in [0.4, 0.5) is 0 Å². The van der Waals surface area contributed by atoms with Gasteiger partial charge in [-0.2, -0.15) is 0 Å². The van der Waals surface area contributed by atoms with Crippen LogP contribution in [-0.2, 0) is 14.3 Å². The summed E-state index contributed by atoms with van der Waals surface area (Å²) in [7, 11) is 3.36. The number of piperidine rings is 1. The molecule has 0 aromatic heterocycles. The van der Waals surface area contributed by atoms with Crippen molar-refractivity contribution in [2.24, 2.45) is 5.92 Å². The number of likely N-dealkylation sites (tertiary alicyclic amines) is 1. The summed E-state index contributed by atoms with van der Waals surface area (Å²) >= 11 is 6.03. The van der Waals surface area contributed by atoms with Gasteiger partial charge in [0.1, 0.15) is 0 Å². The Labute approximate surface area is 167 Å². The Morgan fingerprint density at radius 2 is 1.89 bits per heavy atom. The van der Waals surface area contributed by atoms with Gasteiger partial charge in [0.05, 0.1) is 19.8 Å². The second kappa shape index (κ2) is 12.1. The molecule has 0 unspecified atom stereocenters. The molecule has 0 atom stereocenters. The molecule has 0 bridgehead atoms. The average molecular weight is 395 g/mol. The van der Waals surface area contributed by atoms with Crippen molar-refractivity contribution in [3.63, 3.8) is 0 Å². The quantitative estimate of drug-likeness (QED) is 0.611. The van der Waals surface area contributed by atoms with Crippen molar-refractivity contribution in [3.8, 4) is 0 Å². The minimum atomic E-state index is 0.194. The summed E-state index contributed by atoms with van der Waals surface area (Å²) in [6.45, 7) is 4.77. The lowest BCUT2D eigenvalue weighted by Crippen LogP contribution is -2.45. The zero-order valence-corrected chi connectivity index (χ0v) is 17.2. The Kier molecular flexibility index (Phi) is 9.84. The highest BCUT2D eigenvalue weighted by Crippen LogP contribution is 2.21. The fourth-order valence-electron chi connectivity index (χ4n) is 3.20.